The second-order valence-electron chi connectivity index (χ2n) is 5.94. The van der Waals surface area contributed by atoms with Crippen LogP contribution >= 0.6 is 0 Å². The molecule has 0 amide bonds. The summed E-state index contributed by atoms with van der Waals surface area (Å²) in [4.78, 5) is 0. The zero-order chi connectivity index (χ0) is 14.9. The van der Waals surface area contributed by atoms with E-state index in [1.165, 1.54) is 0 Å². The highest BCUT2D eigenvalue weighted by molar-refractivity contribution is 5.34. The van der Waals surface area contributed by atoms with E-state index in [1.807, 2.05) is 12.1 Å². The van der Waals surface area contributed by atoms with Crippen molar-refractivity contribution < 1.29 is 13.9 Å². The van der Waals surface area contributed by atoms with Crippen molar-refractivity contribution >= 4 is 0 Å². The van der Waals surface area contributed by atoms with Crippen LogP contribution in [0.15, 0.2) is 42.5 Å². The van der Waals surface area contributed by atoms with Crippen molar-refractivity contribution in [1.82, 2.24) is 0 Å². The lowest BCUT2D eigenvalue weighted by Gasteiger charge is -2.20. The van der Waals surface area contributed by atoms with Crippen LogP contribution in [-0.2, 0) is 5.41 Å². The third-order valence-electron chi connectivity index (χ3n) is 3.35. The van der Waals surface area contributed by atoms with Gasteiger partial charge in [0.15, 0.2) is 0 Å². The van der Waals surface area contributed by atoms with Gasteiger partial charge in [0.2, 0.25) is 0 Å². The van der Waals surface area contributed by atoms with E-state index >= 15 is 0 Å². The van der Waals surface area contributed by atoms with Crippen molar-refractivity contribution in [2.45, 2.75) is 32.3 Å². The molecule has 1 N–H and O–H groups in total. The molecular weight excluding hydrogens is 258 g/mol. The van der Waals surface area contributed by atoms with Crippen LogP contribution in [0.25, 0.3) is 0 Å². The molecular formula is C17H18F2O. The predicted octanol–water partition coefficient (Wildman–Crippen LogP) is 4.34. The molecule has 0 aliphatic carbocycles. The summed E-state index contributed by atoms with van der Waals surface area (Å²) in [5.74, 6) is -1.18. The minimum atomic E-state index is -1.17. The number of halogens is 2. The van der Waals surface area contributed by atoms with Crippen molar-refractivity contribution in [3.8, 4) is 0 Å². The minimum absolute atomic E-state index is 0.00753. The Kier molecular flexibility index (Phi) is 3.91. The van der Waals surface area contributed by atoms with Gasteiger partial charge in [-0.1, -0.05) is 45.0 Å². The number of aliphatic hydroxyl groups excluding tert-OH is 1. The first kappa shape index (κ1) is 14.7. The Hall–Kier alpha value is -1.74. The lowest BCUT2D eigenvalue weighted by molar-refractivity contribution is 0.214. The second-order valence-corrected chi connectivity index (χ2v) is 5.94. The lowest BCUT2D eigenvalue weighted by atomic mass is 9.86. The number of aliphatic hydroxyl groups is 1. The highest BCUT2D eigenvalue weighted by Gasteiger charge is 2.18. The third kappa shape index (κ3) is 3.05. The molecule has 0 spiro atoms. The average Bonchev–Trinajstić information content (AvgIpc) is 2.40. The normalized spacial score (nSPS) is 13.3. The summed E-state index contributed by atoms with van der Waals surface area (Å²) in [6, 6.07) is 10.4. The van der Waals surface area contributed by atoms with Crippen molar-refractivity contribution in [2.24, 2.45) is 0 Å². The molecule has 2 rings (SSSR count). The summed E-state index contributed by atoms with van der Waals surface area (Å²) in [7, 11) is 0. The molecule has 0 saturated heterocycles. The van der Waals surface area contributed by atoms with Crippen LogP contribution in [0.4, 0.5) is 8.78 Å². The van der Waals surface area contributed by atoms with Gasteiger partial charge >= 0.3 is 0 Å². The van der Waals surface area contributed by atoms with E-state index in [2.05, 4.69) is 20.8 Å². The number of benzene rings is 2. The third-order valence-corrected chi connectivity index (χ3v) is 3.35. The Bertz CT molecular complexity index is 597. The number of rotatable bonds is 2. The van der Waals surface area contributed by atoms with Crippen molar-refractivity contribution in [3.05, 3.63) is 70.8 Å². The Balaban J connectivity index is 2.34. The molecule has 1 nitrogen and oxygen atoms in total. The van der Waals surface area contributed by atoms with Crippen LogP contribution in [0, 0.1) is 11.6 Å². The van der Waals surface area contributed by atoms with Crippen molar-refractivity contribution in [3.63, 3.8) is 0 Å². The molecule has 3 heteroatoms. The molecule has 0 aromatic heterocycles. The van der Waals surface area contributed by atoms with Gasteiger partial charge in [0, 0.05) is 5.56 Å². The highest BCUT2D eigenvalue weighted by Crippen LogP contribution is 2.28. The summed E-state index contributed by atoms with van der Waals surface area (Å²) >= 11 is 0. The van der Waals surface area contributed by atoms with E-state index in [9.17, 15) is 13.9 Å². The van der Waals surface area contributed by atoms with Crippen LogP contribution in [0.5, 0.6) is 0 Å². The van der Waals surface area contributed by atoms with E-state index in [1.54, 1.807) is 12.1 Å². The zero-order valence-corrected chi connectivity index (χ0v) is 11.8. The summed E-state index contributed by atoms with van der Waals surface area (Å²) < 4.78 is 26.8. The monoisotopic (exact) mass is 276 g/mol. The minimum Gasteiger partial charge on any atom is -0.384 e. The van der Waals surface area contributed by atoms with Gasteiger partial charge in [0.1, 0.15) is 17.7 Å². The van der Waals surface area contributed by atoms with E-state index in [0.717, 1.165) is 23.8 Å². The smallest absolute Gasteiger partial charge is 0.129 e. The Morgan fingerprint density at radius 2 is 1.55 bits per heavy atom. The van der Waals surface area contributed by atoms with Crippen molar-refractivity contribution in [1.29, 1.82) is 0 Å². The molecule has 2 aromatic rings. The summed E-state index contributed by atoms with van der Waals surface area (Å²) in [6.45, 7) is 6.26. The van der Waals surface area contributed by atoms with Gasteiger partial charge in [0.05, 0.1) is 0 Å². The summed E-state index contributed by atoms with van der Waals surface area (Å²) in [5.41, 5.74) is 1.62. The van der Waals surface area contributed by atoms with E-state index in [0.29, 0.717) is 5.56 Å². The van der Waals surface area contributed by atoms with Crippen LogP contribution in [0.1, 0.15) is 43.6 Å². The second kappa shape index (κ2) is 5.33. The van der Waals surface area contributed by atoms with Gasteiger partial charge in [0.25, 0.3) is 0 Å². The topological polar surface area (TPSA) is 20.2 Å². The molecule has 20 heavy (non-hydrogen) atoms. The van der Waals surface area contributed by atoms with Crippen LogP contribution in [0.2, 0.25) is 0 Å². The molecule has 0 bridgehead atoms. The van der Waals surface area contributed by atoms with Crippen LogP contribution in [0.3, 0.4) is 0 Å². The first-order chi connectivity index (χ1) is 9.29. The van der Waals surface area contributed by atoms with Crippen LogP contribution < -0.4 is 0 Å². The van der Waals surface area contributed by atoms with Gasteiger partial charge in [-0.2, -0.15) is 0 Å². The van der Waals surface area contributed by atoms with Crippen molar-refractivity contribution in [2.75, 3.05) is 0 Å². The van der Waals surface area contributed by atoms with Gasteiger partial charge in [-0.15, -0.1) is 0 Å². The maximum atomic E-state index is 13.6. The Labute approximate surface area is 117 Å². The van der Waals surface area contributed by atoms with E-state index in [-0.39, 0.29) is 11.0 Å². The number of hydrogen-bond acceptors (Lipinski definition) is 1. The van der Waals surface area contributed by atoms with E-state index < -0.39 is 17.7 Å². The Morgan fingerprint density at radius 1 is 0.950 bits per heavy atom. The molecule has 0 radical (unpaired) electrons. The van der Waals surface area contributed by atoms with E-state index in [4.69, 9.17) is 0 Å². The predicted molar refractivity (Wildman–Crippen MR) is 75.6 cm³/mol. The Morgan fingerprint density at radius 3 is 2.10 bits per heavy atom. The standard InChI is InChI=1S/C17H18F2O/c1-17(2,3)12-6-4-11(5-7-12)16(20)14-10-13(18)8-9-15(14)19/h4-10,16,20H,1-3H3. The molecule has 0 saturated carbocycles. The number of hydrogen-bond donors (Lipinski definition) is 1. The highest BCUT2D eigenvalue weighted by atomic mass is 19.1. The molecule has 0 fully saturated rings. The zero-order valence-electron chi connectivity index (χ0n) is 11.8. The summed E-state index contributed by atoms with van der Waals surface area (Å²) in [6.07, 6.45) is -1.17. The fourth-order valence-corrected chi connectivity index (χ4v) is 2.07. The maximum Gasteiger partial charge on any atom is 0.129 e. The average molecular weight is 276 g/mol. The van der Waals surface area contributed by atoms with Gasteiger partial charge in [-0.25, -0.2) is 8.78 Å². The quantitative estimate of drug-likeness (QED) is 0.865. The largest absolute Gasteiger partial charge is 0.384 e. The molecule has 2 aromatic carbocycles. The molecule has 0 aliphatic heterocycles. The molecule has 0 aliphatic rings. The van der Waals surface area contributed by atoms with Gasteiger partial charge in [-0.05, 0) is 34.7 Å². The first-order valence-electron chi connectivity index (χ1n) is 6.52. The van der Waals surface area contributed by atoms with Gasteiger partial charge < -0.3 is 5.11 Å². The van der Waals surface area contributed by atoms with Crippen LogP contribution in [-0.4, -0.2) is 5.11 Å². The fraction of sp³-hybridized carbons (Fsp3) is 0.294. The summed E-state index contributed by atoms with van der Waals surface area (Å²) in [5, 5.41) is 10.2. The molecule has 1 unspecified atom stereocenters. The lowest BCUT2D eigenvalue weighted by Crippen LogP contribution is -2.11. The first-order valence-corrected chi connectivity index (χ1v) is 6.52. The maximum absolute atomic E-state index is 13.6. The van der Waals surface area contributed by atoms with Gasteiger partial charge in [-0.3, -0.25) is 0 Å². The SMILES string of the molecule is CC(C)(C)c1ccc(C(O)c2cc(F)ccc2F)cc1. The molecule has 0 heterocycles. The fourth-order valence-electron chi connectivity index (χ4n) is 2.07. The molecule has 1 atom stereocenters. The molecule has 106 valence electrons.